The van der Waals surface area contributed by atoms with Crippen molar-refractivity contribution in [2.75, 3.05) is 26.7 Å². The summed E-state index contributed by atoms with van der Waals surface area (Å²) in [4.78, 5) is 34.2. The molecule has 4 heterocycles. The molecule has 0 aliphatic carbocycles. The Labute approximate surface area is 196 Å². The molecule has 2 aromatic rings. The summed E-state index contributed by atoms with van der Waals surface area (Å²) in [5, 5.41) is 7.31. The van der Waals surface area contributed by atoms with E-state index in [4.69, 9.17) is 0 Å². The summed E-state index contributed by atoms with van der Waals surface area (Å²) in [5.74, 6) is 0.642. The first-order valence-corrected chi connectivity index (χ1v) is 12.6. The van der Waals surface area contributed by atoms with Gasteiger partial charge in [0.15, 0.2) is 0 Å². The number of rotatable bonds is 6. The number of para-hydroxylation sites is 1. The molecule has 2 amide bonds. The molecule has 5 unspecified atom stereocenters. The van der Waals surface area contributed by atoms with Crippen molar-refractivity contribution < 1.29 is 9.59 Å². The molecule has 7 nitrogen and oxygen atoms in total. The third-order valence-corrected chi connectivity index (χ3v) is 8.23. The van der Waals surface area contributed by atoms with Crippen LogP contribution < -0.4 is 10.6 Å². The Hall–Kier alpha value is -2.38. The zero-order valence-electron chi connectivity index (χ0n) is 19.8. The van der Waals surface area contributed by atoms with Crippen LogP contribution in [0.1, 0.15) is 44.6 Å². The minimum atomic E-state index is -0.390. The summed E-state index contributed by atoms with van der Waals surface area (Å²) in [6.45, 7) is 4.90. The van der Waals surface area contributed by atoms with Gasteiger partial charge in [0, 0.05) is 42.3 Å². The molecule has 0 spiro atoms. The van der Waals surface area contributed by atoms with E-state index in [-0.39, 0.29) is 23.9 Å². The Morgan fingerprint density at radius 2 is 2.09 bits per heavy atom. The highest BCUT2D eigenvalue weighted by Crippen LogP contribution is 2.40. The van der Waals surface area contributed by atoms with Crippen LogP contribution in [0.5, 0.6) is 0 Å². The lowest BCUT2D eigenvalue weighted by atomic mass is 9.90. The second-order valence-electron chi connectivity index (χ2n) is 10.2. The van der Waals surface area contributed by atoms with Gasteiger partial charge in [-0.2, -0.15) is 0 Å². The molecule has 5 rings (SSSR count). The smallest absolute Gasteiger partial charge is 0.245 e. The number of likely N-dealkylation sites (tertiary alicyclic amines) is 1. The van der Waals surface area contributed by atoms with E-state index in [1.807, 2.05) is 6.92 Å². The lowest BCUT2D eigenvalue weighted by molar-refractivity contribution is -0.139. The molecular weight excluding hydrogens is 414 g/mol. The van der Waals surface area contributed by atoms with Gasteiger partial charge in [-0.1, -0.05) is 18.2 Å². The Bertz CT molecular complexity index is 1000. The van der Waals surface area contributed by atoms with Gasteiger partial charge >= 0.3 is 0 Å². The van der Waals surface area contributed by atoms with Crippen LogP contribution in [0.4, 0.5) is 0 Å². The second kappa shape index (κ2) is 9.47. The molecular formula is C26H37N5O2. The molecule has 0 bridgehead atoms. The minimum Gasteiger partial charge on any atom is -0.361 e. The van der Waals surface area contributed by atoms with E-state index in [1.165, 1.54) is 16.5 Å². The lowest BCUT2D eigenvalue weighted by Gasteiger charge is -2.40. The highest BCUT2D eigenvalue weighted by molar-refractivity contribution is 5.90. The van der Waals surface area contributed by atoms with Crippen LogP contribution in [-0.4, -0.2) is 77.4 Å². The zero-order valence-corrected chi connectivity index (χ0v) is 19.8. The number of H-pyrrole nitrogens is 1. The summed E-state index contributed by atoms with van der Waals surface area (Å²) in [7, 11) is 1.77. The van der Waals surface area contributed by atoms with Gasteiger partial charge < -0.3 is 25.4 Å². The van der Waals surface area contributed by atoms with Crippen molar-refractivity contribution in [1.82, 2.24) is 25.4 Å². The average Bonchev–Trinajstić information content (AvgIpc) is 3.37. The Morgan fingerprint density at radius 3 is 2.94 bits per heavy atom. The molecule has 1 aromatic carbocycles. The van der Waals surface area contributed by atoms with Gasteiger partial charge in [0.05, 0.1) is 6.04 Å². The number of fused-ring (bicyclic) bond motifs is 4. The van der Waals surface area contributed by atoms with E-state index >= 15 is 0 Å². The monoisotopic (exact) mass is 451 g/mol. The predicted molar refractivity (Wildman–Crippen MR) is 130 cm³/mol. The van der Waals surface area contributed by atoms with Gasteiger partial charge in [0.2, 0.25) is 11.8 Å². The molecule has 3 N–H and O–H groups in total. The van der Waals surface area contributed by atoms with Gasteiger partial charge in [-0.3, -0.25) is 9.59 Å². The Kier molecular flexibility index (Phi) is 6.43. The van der Waals surface area contributed by atoms with Crippen LogP contribution in [0.3, 0.4) is 0 Å². The second-order valence-corrected chi connectivity index (χ2v) is 10.2. The SMILES string of the molecule is CNC(C)C(=O)NC1CCCC2CC3CCN(CCc4c[nH]c5ccccc45)CC3N2C1=O. The van der Waals surface area contributed by atoms with E-state index in [0.29, 0.717) is 12.0 Å². The van der Waals surface area contributed by atoms with Gasteiger partial charge in [-0.25, -0.2) is 0 Å². The van der Waals surface area contributed by atoms with Crippen LogP contribution in [0.15, 0.2) is 30.5 Å². The number of hydrogen-bond donors (Lipinski definition) is 3. The van der Waals surface area contributed by atoms with Gasteiger partial charge in [-0.05, 0) is 76.6 Å². The normalized spacial score (nSPS) is 28.9. The first-order valence-electron chi connectivity index (χ1n) is 12.6. The van der Waals surface area contributed by atoms with Crippen LogP contribution in [0, 0.1) is 5.92 Å². The van der Waals surface area contributed by atoms with Gasteiger partial charge in [0.1, 0.15) is 6.04 Å². The number of aromatic amines is 1. The van der Waals surface area contributed by atoms with Crippen LogP contribution >= 0.6 is 0 Å². The third-order valence-electron chi connectivity index (χ3n) is 8.23. The summed E-state index contributed by atoms with van der Waals surface area (Å²) in [5.41, 5.74) is 2.56. The molecule has 3 aliphatic heterocycles. The van der Waals surface area contributed by atoms with Crippen molar-refractivity contribution in [2.24, 2.45) is 5.92 Å². The summed E-state index contributed by atoms with van der Waals surface area (Å²) in [6.07, 6.45) is 8.24. The number of piperidine rings is 1. The average molecular weight is 452 g/mol. The predicted octanol–water partition coefficient (Wildman–Crippen LogP) is 2.28. The molecule has 3 fully saturated rings. The number of likely N-dealkylation sites (N-methyl/N-ethyl adjacent to an activating group) is 1. The highest BCUT2D eigenvalue weighted by atomic mass is 16.2. The topological polar surface area (TPSA) is 80.5 Å². The van der Waals surface area contributed by atoms with Gasteiger partial charge in [0.25, 0.3) is 0 Å². The molecule has 178 valence electrons. The maximum Gasteiger partial charge on any atom is 0.245 e. The lowest BCUT2D eigenvalue weighted by Crippen LogP contribution is -2.57. The van der Waals surface area contributed by atoms with E-state index in [9.17, 15) is 9.59 Å². The number of carbonyl (C=O) groups excluding carboxylic acids is 2. The fourth-order valence-electron chi connectivity index (χ4n) is 6.21. The number of amides is 2. The van der Waals surface area contributed by atoms with Crippen molar-refractivity contribution in [3.05, 3.63) is 36.0 Å². The molecule has 0 saturated carbocycles. The van der Waals surface area contributed by atoms with E-state index in [1.54, 1.807) is 7.05 Å². The third kappa shape index (κ3) is 4.41. The Morgan fingerprint density at radius 1 is 1.24 bits per heavy atom. The molecule has 5 atom stereocenters. The van der Waals surface area contributed by atoms with Crippen LogP contribution in [-0.2, 0) is 16.0 Å². The molecule has 7 heteroatoms. The summed E-state index contributed by atoms with van der Waals surface area (Å²) >= 11 is 0. The van der Waals surface area contributed by atoms with Crippen molar-refractivity contribution in [1.29, 1.82) is 0 Å². The zero-order chi connectivity index (χ0) is 22.9. The summed E-state index contributed by atoms with van der Waals surface area (Å²) in [6, 6.07) is 8.41. The molecule has 3 saturated heterocycles. The van der Waals surface area contributed by atoms with Gasteiger partial charge in [-0.15, -0.1) is 0 Å². The first-order chi connectivity index (χ1) is 16.0. The highest BCUT2D eigenvalue weighted by Gasteiger charge is 2.48. The summed E-state index contributed by atoms with van der Waals surface area (Å²) < 4.78 is 0. The quantitative estimate of drug-likeness (QED) is 0.630. The number of benzene rings is 1. The molecule has 0 radical (unpaired) electrons. The van der Waals surface area contributed by atoms with E-state index in [0.717, 1.165) is 58.2 Å². The fourth-order valence-corrected chi connectivity index (χ4v) is 6.21. The first kappa shape index (κ1) is 22.4. The van der Waals surface area contributed by atoms with Crippen molar-refractivity contribution >= 4 is 22.7 Å². The number of nitrogens with zero attached hydrogens (tertiary/aromatic N) is 2. The minimum absolute atomic E-state index is 0.0888. The maximum atomic E-state index is 13.6. The number of carbonyl (C=O) groups is 2. The number of aromatic nitrogens is 1. The largest absolute Gasteiger partial charge is 0.361 e. The van der Waals surface area contributed by atoms with Crippen LogP contribution in [0.2, 0.25) is 0 Å². The molecule has 1 aromatic heterocycles. The molecule has 3 aliphatic rings. The van der Waals surface area contributed by atoms with Crippen molar-refractivity contribution in [2.45, 2.75) is 69.6 Å². The van der Waals surface area contributed by atoms with Crippen molar-refractivity contribution in [3.63, 3.8) is 0 Å². The maximum absolute atomic E-state index is 13.6. The van der Waals surface area contributed by atoms with Crippen molar-refractivity contribution in [3.8, 4) is 0 Å². The van der Waals surface area contributed by atoms with Crippen LogP contribution in [0.25, 0.3) is 10.9 Å². The number of hydrogen-bond acceptors (Lipinski definition) is 4. The molecule has 33 heavy (non-hydrogen) atoms. The standard InChI is InChI=1S/C26H37N5O2/c1-17(27-2)25(32)29-23-9-5-6-20-14-18-10-12-30(16-24(18)31(20)26(23)33)13-11-19-15-28-22-8-4-3-7-21(19)22/h3-4,7-8,15,17-18,20,23-24,27-28H,5-6,9-14,16H2,1-2H3,(H,29,32). The van der Waals surface area contributed by atoms with E-state index < -0.39 is 6.04 Å². The number of nitrogens with one attached hydrogen (secondary N) is 3. The van der Waals surface area contributed by atoms with E-state index in [2.05, 4.69) is 55.9 Å². The fraction of sp³-hybridized carbons (Fsp3) is 0.615. The Balaban J connectivity index is 1.25.